The third-order valence-electron chi connectivity index (χ3n) is 1.88. The second-order valence-electron chi connectivity index (χ2n) is 3.68. The van der Waals surface area contributed by atoms with Crippen molar-refractivity contribution in [1.82, 2.24) is 14.7 Å². The molecule has 0 fully saturated rings. The zero-order chi connectivity index (χ0) is 11.4. The van der Waals surface area contributed by atoms with Gasteiger partial charge in [0.2, 0.25) is 5.91 Å². The molecular formula is C10H16N4O. The molecule has 1 rings (SSSR count). The van der Waals surface area contributed by atoms with Crippen molar-refractivity contribution in [1.29, 1.82) is 0 Å². The summed E-state index contributed by atoms with van der Waals surface area (Å²) in [5.41, 5.74) is 7.00. The van der Waals surface area contributed by atoms with Crippen molar-refractivity contribution >= 4 is 11.6 Å². The standard InChI is InChI=1S/C10H16N4O/c1-8(2)5-13(3)10(15)7-14-6-9(11)4-12-14/h4,6H,1,5,7,11H2,2-3H3. The molecule has 1 amide bonds. The van der Waals surface area contributed by atoms with E-state index in [1.807, 2.05) is 6.92 Å². The van der Waals surface area contributed by atoms with Crippen LogP contribution in [0.2, 0.25) is 0 Å². The van der Waals surface area contributed by atoms with E-state index in [4.69, 9.17) is 5.73 Å². The molecule has 0 saturated heterocycles. The number of carbonyl (C=O) groups excluding carboxylic acids is 1. The zero-order valence-electron chi connectivity index (χ0n) is 9.10. The fourth-order valence-electron chi connectivity index (χ4n) is 1.22. The van der Waals surface area contributed by atoms with Gasteiger partial charge in [-0.25, -0.2) is 0 Å². The van der Waals surface area contributed by atoms with Crippen LogP contribution in [0.15, 0.2) is 24.5 Å². The average molecular weight is 208 g/mol. The summed E-state index contributed by atoms with van der Waals surface area (Å²) in [6, 6.07) is 0. The fourth-order valence-corrected chi connectivity index (χ4v) is 1.22. The number of hydrogen-bond donors (Lipinski definition) is 1. The number of nitrogens with zero attached hydrogens (tertiary/aromatic N) is 3. The monoisotopic (exact) mass is 208 g/mol. The van der Waals surface area contributed by atoms with Gasteiger partial charge in [0, 0.05) is 19.8 Å². The zero-order valence-corrected chi connectivity index (χ0v) is 9.10. The van der Waals surface area contributed by atoms with Gasteiger partial charge >= 0.3 is 0 Å². The summed E-state index contributed by atoms with van der Waals surface area (Å²) < 4.78 is 1.52. The number of hydrogen-bond acceptors (Lipinski definition) is 3. The van der Waals surface area contributed by atoms with Crippen molar-refractivity contribution in [3.05, 3.63) is 24.5 Å². The van der Waals surface area contributed by atoms with Gasteiger partial charge in [-0.05, 0) is 6.92 Å². The van der Waals surface area contributed by atoms with Crippen LogP contribution in [-0.4, -0.2) is 34.2 Å². The first-order valence-corrected chi connectivity index (χ1v) is 4.65. The molecule has 1 aromatic heterocycles. The van der Waals surface area contributed by atoms with Gasteiger partial charge in [-0.15, -0.1) is 0 Å². The number of nitrogen functional groups attached to an aromatic ring is 1. The molecular weight excluding hydrogens is 192 g/mol. The third-order valence-corrected chi connectivity index (χ3v) is 1.88. The van der Waals surface area contributed by atoms with Crippen LogP contribution < -0.4 is 5.73 Å². The second kappa shape index (κ2) is 4.63. The Kier molecular flexibility index (Phi) is 3.49. The molecule has 0 atom stereocenters. The summed E-state index contributed by atoms with van der Waals surface area (Å²) >= 11 is 0. The Labute approximate surface area is 89.2 Å². The molecule has 0 aliphatic heterocycles. The number of anilines is 1. The number of aromatic nitrogens is 2. The smallest absolute Gasteiger partial charge is 0.244 e. The molecule has 1 heterocycles. The highest BCUT2D eigenvalue weighted by Crippen LogP contribution is 2.00. The first-order valence-electron chi connectivity index (χ1n) is 4.65. The maximum Gasteiger partial charge on any atom is 0.244 e. The molecule has 0 unspecified atom stereocenters. The van der Waals surface area contributed by atoms with Crippen LogP contribution in [0, 0.1) is 0 Å². The largest absolute Gasteiger partial charge is 0.396 e. The number of likely N-dealkylation sites (N-methyl/N-ethyl adjacent to an activating group) is 1. The average Bonchev–Trinajstić information content (AvgIpc) is 2.50. The minimum absolute atomic E-state index is 0.0129. The number of nitrogens with two attached hydrogens (primary N) is 1. The van der Waals surface area contributed by atoms with E-state index in [0.29, 0.717) is 12.2 Å². The Morgan fingerprint density at radius 1 is 1.73 bits per heavy atom. The van der Waals surface area contributed by atoms with Crippen LogP contribution in [0.5, 0.6) is 0 Å². The van der Waals surface area contributed by atoms with Crippen molar-refractivity contribution in [3.8, 4) is 0 Å². The van der Waals surface area contributed by atoms with Crippen LogP contribution in [0.1, 0.15) is 6.92 Å². The lowest BCUT2D eigenvalue weighted by Crippen LogP contribution is -2.31. The second-order valence-corrected chi connectivity index (χ2v) is 3.68. The molecule has 1 aromatic rings. The highest BCUT2D eigenvalue weighted by atomic mass is 16.2. The highest BCUT2D eigenvalue weighted by molar-refractivity contribution is 5.75. The summed E-state index contributed by atoms with van der Waals surface area (Å²) in [6.07, 6.45) is 3.15. The minimum atomic E-state index is -0.0129. The van der Waals surface area contributed by atoms with E-state index in [1.165, 1.54) is 10.9 Å². The van der Waals surface area contributed by atoms with Crippen molar-refractivity contribution in [2.75, 3.05) is 19.3 Å². The van der Waals surface area contributed by atoms with Gasteiger partial charge in [0.1, 0.15) is 6.54 Å². The van der Waals surface area contributed by atoms with Crippen LogP contribution >= 0.6 is 0 Å². The molecule has 0 aromatic carbocycles. The molecule has 2 N–H and O–H groups in total. The van der Waals surface area contributed by atoms with E-state index in [9.17, 15) is 4.79 Å². The van der Waals surface area contributed by atoms with E-state index < -0.39 is 0 Å². The Morgan fingerprint density at radius 3 is 2.87 bits per heavy atom. The topological polar surface area (TPSA) is 64.2 Å². The van der Waals surface area contributed by atoms with Gasteiger partial charge in [0.25, 0.3) is 0 Å². The molecule has 0 radical (unpaired) electrons. The third kappa shape index (κ3) is 3.46. The number of carbonyl (C=O) groups is 1. The van der Waals surface area contributed by atoms with E-state index in [0.717, 1.165) is 5.57 Å². The van der Waals surface area contributed by atoms with Crippen LogP contribution in [0.25, 0.3) is 0 Å². The van der Waals surface area contributed by atoms with E-state index in [-0.39, 0.29) is 12.5 Å². The van der Waals surface area contributed by atoms with Crippen molar-refractivity contribution < 1.29 is 4.79 Å². The van der Waals surface area contributed by atoms with Gasteiger partial charge in [-0.3, -0.25) is 9.48 Å². The lowest BCUT2D eigenvalue weighted by Gasteiger charge is -2.16. The number of amides is 1. The molecule has 5 nitrogen and oxygen atoms in total. The van der Waals surface area contributed by atoms with Gasteiger partial charge in [-0.2, -0.15) is 5.10 Å². The molecule has 0 bridgehead atoms. The Balaban J connectivity index is 2.52. The van der Waals surface area contributed by atoms with Crippen molar-refractivity contribution in [2.45, 2.75) is 13.5 Å². The van der Waals surface area contributed by atoms with Gasteiger partial charge in [0.15, 0.2) is 0 Å². The van der Waals surface area contributed by atoms with Gasteiger partial charge in [0.05, 0.1) is 11.9 Å². The normalized spacial score (nSPS) is 10.0. The molecule has 15 heavy (non-hydrogen) atoms. The van der Waals surface area contributed by atoms with Crippen molar-refractivity contribution in [2.24, 2.45) is 0 Å². The van der Waals surface area contributed by atoms with Crippen LogP contribution in [-0.2, 0) is 11.3 Å². The first kappa shape index (κ1) is 11.3. The molecule has 0 saturated carbocycles. The van der Waals surface area contributed by atoms with Crippen LogP contribution in [0.3, 0.4) is 0 Å². The van der Waals surface area contributed by atoms with E-state index >= 15 is 0 Å². The summed E-state index contributed by atoms with van der Waals surface area (Å²) in [6.45, 7) is 6.41. The Bertz CT molecular complexity index is 369. The first-order chi connectivity index (χ1) is 6.99. The summed E-state index contributed by atoms with van der Waals surface area (Å²) in [5, 5.41) is 3.94. The minimum Gasteiger partial charge on any atom is -0.396 e. The van der Waals surface area contributed by atoms with Crippen LogP contribution in [0.4, 0.5) is 5.69 Å². The SMILES string of the molecule is C=C(C)CN(C)C(=O)Cn1cc(N)cn1. The maximum atomic E-state index is 11.6. The molecule has 5 heteroatoms. The van der Waals surface area contributed by atoms with Gasteiger partial charge < -0.3 is 10.6 Å². The Morgan fingerprint density at radius 2 is 2.40 bits per heavy atom. The fraction of sp³-hybridized carbons (Fsp3) is 0.400. The highest BCUT2D eigenvalue weighted by Gasteiger charge is 2.09. The lowest BCUT2D eigenvalue weighted by atomic mass is 10.3. The summed E-state index contributed by atoms with van der Waals surface area (Å²) in [5.74, 6) is -0.0129. The number of rotatable bonds is 4. The molecule has 0 aliphatic carbocycles. The quantitative estimate of drug-likeness (QED) is 0.733. The van der Waals surface area contributed by atoms with E-state index in [1.54, 1.807) is 18.1 Å². The predicted octanol–water partition coefficient (Wildman–Crippen LogP) is 0.500. The van der Waals surface area contributed by atoms with Gasteiger partial charge in [-0.1, -0.05) is 12.2 Å². The molecule has 0 aliphatic rings. The molecule has 82 valence electrons. The van der Waals surface area contributed by atoms with E-state index in [2.05, 4.69) is 11.7 Å². The van der Waals surface area contributed by atoms with Crippen molar-refractivity contribution in [3.63, 3.8) is 0 Å². The summed E-state index contributed by atoms with van der Waals surface area (Å²) in [7, 11) is 1.74. The molecule has 0 spiro atoms. The lowest BCUT2D eigenvalue weighted by molar-refractivity contribution is -0.130. The summed E-state index contributed by atoms with van der Waals surface area (Å²) in [4.78, 5) is 13.3. The Hall–Kier alpha value is -1.78. The maximum absolute atomic E-state index is 11.6. The predicted molar refractivity (Wildman–Crippen MR) is 59.1 cm³/mol.